The van der Waals surface area contributed by atoms with Gasteiger partial charge in [0.15, 0.2) is 0 Å². The summed E-state index contributed by atoms with van der Waals surface area (Å²) in [5.74, 6) is 1.86. The van der Waals surface area contributed by atoms with Crippen LogP contribution in [0.3, 0.4) is 0 Å². The normalized spacial score (nSPS) is 13.5. The number of hydrogen-bond acceptors (Lipinski definition) is 5. The molecule has 126 valence electrons. The topological polar surface area (TPSA) is 79.8 Å². The summed E-state index contributed by atoms with van der Waals surface area (Å²) in [4.78, 5) is 25.6. The first-order valence-electron chi connectivity index (χ1n) is 8.45. The van der Waals surface area contributed by atoms with Crippen LogP contribution in [0.15, 0.2) is 24.4 Å². The number of fused-ring (bicyclic) bond motifs is 1. The van der Waals surface area contributed by atoms with E-state index in [0.29, 0.717) is 18.2 Å². The van der Waals surface area contributed by atoms with Crippen LogP contribution in [0.4, 0.5) is 5.82 Å². The van der Waals surface area contributed by atoms with Crippen molar-refractivity contribution in [3.8, 4) is 0 Å². The van der Waals surface area contributed by atoms with E-state index in [-0.39, 0.29) is 5.91 Å². The molecule has 0 fully saturated rings. The minimum Gasteiger partial charge on any atom is -0.369 e. The van der Waals surface area contributed by atoms with Gasteiger partial charge in [0.1, 0.15) is 17.3 Å². The first kappa shape index (κ1) is 16.4. The van der Waals surface area contributed by atoms with Gasteiger partial charge in [-0.15, -0.1) is 0 Å². The lowest BCUT2D eigenvalue weighted by atomic mass is 10.0. The summed E-state index contributed by atoms with van der Waals surface area (Å²) >= 11 is 0. The number of anilines is 1. The molecule has 0 spiro atoms. The molecule has 1 aliphatic rings. The van der Waals surface area contributed by atoms with Gasteiger partial charge in [-0.2, -0.15) is 0 Å². The number of nitrogens with one attached hydrogen (secondary N) is 2. The lowest BCUT2D eigenvalue weighted by molar-refractivity contribution is 0.0940. The number of nitrogens with zero attached hydrogens (tertiary/aromatic N) is 3. The average molecular weight is 325 g/mol. The van der Waals surface area contributed by atoms with Crippen LogP contribution in [0.1, 0.15) is 41.4 Å². The highest BCUT2D eigenvalue weighted by molar-refractivity contribution is 5.95. The van der Waals surface area contributed by atoms with Gasteiger partial charge < -0.3 is 10.6 Å². The third-order valence-corrected chi connectivity index (χ3v) is 3.92. The molecule has 0 aliphatic carbocycles. The summed E-state index contributed by atoms with van der Waals surface area (Å²) in [6.07, 6.45) is 4.13. The highest BCUT2D eigenvalue weighted by Gasteiger charge is 2.23. The van der Waals surface area contributed by atoms with E-state index in [9.17, 15) is 4.79 Å². The standard InChI is InChI=1S/C18H23N5O/c1-12(2)11-15-22-16-14(7-10-21-18(16)24)17(23-15)20-9-6-13-5-3-4-8-19-13/h3-5,8,12H,6-7,9-11H2,1-2H3,(H,21,24)(H,20,22,23). The number of hydrogen-bond donors (Lipinski definition) is 2. The summed E-state index contributed by atoms with van der Waals surface area (Å²) in [6.45, 7) is 5.60. The van der Waals surface area contributed by atoms with Gasteiger partial charge in [-0.05, 0) is 24.5 Å². The van der Waals surface area contributed by atoms with E-state index in [1.165, 1.54) is 0 Å². The van der Waals surface area contributed by atoms with E-state index >= 15 is 0 Å². The highest BCUT2D eigenvalue weighted by atomic mass is 16.1. The molecule has 2 N–H and O–H groups in total. The average Bonchev–Trinajstić information content (AvgIpc) is 2.56. The molecule has 0 unspecified atom stereocenters. The fourth-order valence-electron chi connectivity index (χ4n) is 2.80. The molecule has 2 aromatic heterocycles. The number of carbonyl (C=O) groups excluding carboxylic acids is 1. The fourth-order valence-corrected chi connectivity index (χ4v) is 2.80. The minimum absolute atomic E-state index is 0.101. The zero-order valence-corrected chi connectivity index (χ0v) is 14.2. The lowest BCUT2D eigenvalue weighted by Gasteiger charge is -2.20. The Hall–Kier alpha value is -2.50. The van der Waals surface area contributed by atoms with E-state index in [4.69, 9.17) is 0 Å². The second-order valence-corrected chi connectivity index (χ2v) is 6.42. The lowest BCUT2D eigenvalue weighted by Crippen LogP contribution is -2.34. The van der Waals surface area contributed by atoms with E-state index in [2.05, 4.69) is 39.4 Å². The van der Waals surface area contributed by atoms with Crippen LogP contribution < -0.4 is 10.6 Å². The summed E-state index contributed by atoms with van der Waals surface area (Å²) < 4.78 is 0. The van der Waals surface area contributed by atoms with Gasteiger partial charge in [-0.1, -0.05) is 19.9 Å². The van der Waals surface area contributed by atoms with Crippen LogP contribution in [-0.2, 0) is 19.3 Å². The van der Waals surface area contributed by atoms with E-state index < -0.39 is 0 Å². The van der Waals surface area contributed by atoms with Crippen LogP contribution in [-0.4, -0.2) is 33.9 Å². The number of amides is 1. The summed E-state index contributed by atoms with van der Waals surface area (Å²) in [5.41, 5.74) is 2.48. The number of carbonyl (C=O) groups is 1. The fraction of sp³-hybridized carbons (Fsp3) is 0.444. The Kier molecular flexibility index (Phi) is 5.03. The van der Waals surface area contributed by atoms with Crippen molar-refractivity contribution in [1.82, 2.24) is 20.3 Å². The minimum atomic E-state index is -0.101. The van der Waals surface area contributed by atoms with Gasteiger partial charge in [0, 0.05) is 43.4 Å². The second-order valence-electron chi connectivity index (χ2n) is 6.42. The predicted octanol–water partition coefficient (Wildman–Crippen LogP) is 2.01. The second kappa shape index (κ2) is 7.38. The van der Waals surface area contributed by atoms with Gasteiger partial charge in [-0.25, -0.2) is 9.97 Å². The van der Waals surface area contributed by atoms with Crippen LogP contribution >= 0.6 is 0 Å². The van der Waals surface area contributed by atoms with E-state index in [1.807, 2.05) is 18.2 Å². The maximum absolute atomic E-state index is 12.1. The Balaban J connectivity index is 1.79. The van der Waals surface area contributed by atoms with Gasteiger partial charge in [-0.3, -0.25) is 9.78 Å². The molecule has 1 aliphatic heterocycles. The molecule has 0 saturated heterocycles. The molecule has 6 heteroatoms. The maximum atomic E-state index is 12.1. The van der Waals surface area contributed by atoms with Gasteiger partial charge in [0.2, 0.25) is 0 Å². The van der Waals surface area contributed by atoms with E-state index in [0.717, 1.165) is 48.7 Å². The van der Waals surface area contributed by atoms with Crippen LogP contribution in [0.2, 0.25) is 0 Å². The SMILES string of the molecule is CC(C)Cc1nc(NCCc2ccccn2)c2c(n1)C(=O)NCC2. The summed E-state index contributed by atoms with van der Waals surface area (Å²) in [6, 6.07) is 5.91. The van der Waals surface area contributed by atoms with Crippen molar-refractivity contribution in [3.05, 3.63) is 47.2 Å². The Bertz CT molecular complexity index is 715. The van der Waals surface area contributed by atoms with Crippen molar-refractivity contribution in [2.24, 2.45) is 5.92 Å². The van der Waals surface area contributed by atoms with Crippen LogP contribution in [0.25, 0.3) is 0 Å². The van der Waals surface area contributed by atoms with Crippen molar-refractivity contribution in [2.75, 3.05) is 18.4 Å². The molecular formula is C18H23N5O. The quantitative estimate of drug-likeness (QED) is 0.849. The number of rotatable bonds is 6. The van der Waals surface area contributed by atoms with Gasteiger partial charge in [0.25, 0.3) is 5.91 Å². The highest BCUT2D eigenvalue weighted by Crippen LogP contribution is 2.21. The Morgan fingerprint density at radius 2 is 2.17 bits per heavy atom. The zero-order chi connectivity index (χ0) is 16.9. The largest absolute Gasteiger partial charge is 0.369 e. The third kappa shape index (κ3) is 3.88. The Morgan fingerprint density at radius 1 is 1.29 bits per heavy atom. The molecule has 0 radical (unpaired) electrons. The maximum Gasteiger partial charge on any atom is 0.270 e. The first-order chi connectivity index (χ1) is 11.6. The number of pyridine rings is 1. The molecule has 0 atom stereocenters. The van der Waals surface area contributed by atoms with Crippen LogP contribution in [0, 0.1) is 5.92 Å². The zero-order valence-electron chi connectivity index (χ0n) is 14.2. The first-order valence-corrected chi connectivity index (χ1v) is 8.45. The van der Waals surface area contributed by atoms with Crippen molar-refractivity contribution < 1.29 is 4.79 Å². The molecule has 3 heterocycles. The molecule has 0 saturated carbocycles. The van der Waals surface area contributed by atoms with Gasteiger partial charge in [0.05, 0.1) is 0 Å². The number of aromatic nitrogens is 3. The molecule has 3 rings (SSSR count). The van der Waals surface area contributed by atoms with Crippen molar-refractivity contribution in [1.29, 1.82) is 0 Å². The smallest absolute Gasteiger partial charge is 0.270 e. The van der Waals surface area contributed by atoms with Gasteiger partial charge >= 0.3 is 0 Å². The molecule has 1 amide bonds. The van der Waals surface area contributed by atoms with E-state index in [1.54, 1.807) is 6.20 Å². The molecule has 6 nitrogen and oxygen atoms in total. The Morgan fingerprint density at radius 3 is 2.92 bits per heavy atom. The molecule has 2 aromatic rings. The monoisotopic (exact) mass is 325 g/mol. The Labute approximate surface area is 142 Å². The summed E-state index contributed by atoms with van der Waals surface area (Å²) in [7, 11) is 0. The van der Waals surface area contributed by atoms with Crippen molar-refractivity contribution >= 4 is 11.7 Å². The predicted molar refractivity (Wildman–Crippen MR) is 93.0 cm³/mol. The summed E-state index contributed by atoms with van der Waals surface area (Å²) in [5, 5.41) is 6.25. The van der Waals surface area contributed by atoms with Crippen LogP contribution in [0.5, 0.6) is 0 Å². The third-order valence-electron chi connectivity index (χ3n) is 3.92. The molecule has 24 heavy (non-hydrogen) atoms. The molecule has 0 bridgehead atoms. The molecule has 0 aromatic carbocycles. The molecular weight excluding hydrogens is 302 g/mol. The van der Waals surface area contributed by atoms with Crippen molar-refractivity contribution in [2.45, 2.75) is 33.1 Å². The van der Waals surface area contributed by atoms with Crippen molar-refractivity contribution in [3.63, 3.8) is 0 Å².